The van der Waals surface area contributed by atoms with E-state index in [1.54, 1.807) is 24.5 Å². The van der Waals surface area contributed by atoms with Gasteiger partial charge in [-0.2, -0.15) is 9.61 Å². The van der Waals surface area contributed by atoms with Crippen LogP contribution in [0.15, 0.2) is 24.5 Å². The van der Waals surface area contributed by atoms with E-state index in [0.29, 0.717) is 41.3 Å². The molecule has 0 radical (unpaired) electrons. The fourth-order valence-corrected chi connectivity index (χ4v) is 3.33. The van der Waals surface area contributed by atoms with E-state index in [-0.39, 0.29) is 11.6 Å². The first kappa shape index (κ1) is 19.6. The van der Waals surface area contributed by atoms with E-state index in [4.69, 9.17) is 10.7 Å². The second kappa shape index (κ2) is 8.26. The normalized spacial score (nSPS) is 12.2. The van der Waals surface area contributed by atoms with Crippen molar-refractivity contribution in [3.8, 4) is 11.1 Å². The van der Waals surface area contributed by atoms with Gasteiger partial charge in [-0.05, 0) is 39.3 Å². The lowest BCUT2D eigenvalue weighted by atomic mass is 10.0. The van der Waals surface area contributed by atoms with E-state index >= 15 is 0 Å². The number of ketones is 1. The van der Waals surface area contributed by atoms with Crippen molar-refractivity contribution in [2.24, 2.45) is 0 Å². The maximum atomic E-state index is 12.2. The van der Waals surface area contributed by atoms with Gasteiger partial charge in [-0.1, -0.05) is 13.0 Å². The molecule has 3 heterocycles. The number of pyridine rings is 1. The zero-order chi connectivity index (χ0) is 20.3. The number of nitrogen functional groups attached to an aromatic ring is 1. The van der Waals surface area contributed by atoms with Crippen molar-refractivity contribution >= 4 is 23.5 Å². The Labute approximate surface area is 163 Å². The summed E-state index contributed by atoms with van der Waals surface area (Å²) in [6, 6.07) is 3.76. The van der Waals surface area contributed by atoms with Gasteiger partial charge in [-0.25, -0.2) is 4.98 Å². The highest BCUT2D eigenvalue weighted by atomic mass is 16.1. The predicted octanol–water partition coefficient (Wildman–Crippen LogP) is 2.32. The van der Waals surface area contributed by atoms with Crippen LogP contribution in [0.25, 0.3) is 16.8 Å². The van der Waals surface area contributed by atoms with Crippen LogP contribution >= 0.6 is 0 Å². The lowest BCUT2D eigenvalue weighted by Crippen LogP contribution is -2.25. The van der Waals surface area contributed by atoms with Gasteiger partial charge in [0.05, 0.1) is 17.5 Å². The number of carbonyl (C=O) groups is 2. The molecule has 0 amide bonds. The molecule has 8 heteroatoms. The van der Waals surface area contributed by atoms with Gasteiger partial charge in [-0.15, -0.1) is 0 Å². The average molecular weight is 380 g/mol. The summed E-state index contributed by atoms with van der Waals surface area (Å²) in [5.41, 5.74) is 9.82. The highest BCUT2D eigenvalue weighted by Gasteiger charge is 2.21. The molecule has 0 saturated heterocycles. The van der Waals surface area contributed by atoms with Gasteiger partial charge in [0.15, 0.2) is 17.7 Å². The molecule has 8 nitrogen and oxygen atoms in total. The lowest BCUT2D eigenvalue weighted by molar-refractivity contribution is 0.101. The molecule has 0 fully saturated rings. The zero-order valence-electron chi connectivity index (χ0n) is 16.3. The van der Waals surface area contributed by atoms with Crippen LogP contribution in [0.3, 0.4) is 0 Å². The Morgan fingerprint density at radius 1 is 1.36 bits per heavy atom. The van der Waals surface area contributed by atoms with Crippen LogP contribution in [0.5, 0.6) is 0 Å². The van der Waals surface area contributed by atoms with E-state index < -0.39 is 0 Å². The second-order valence-corrected chi connectivity index (χ2v) is 6.69. The Morgan fingerprint density at radius 2 is 2.14 bits per heavy atom. The molecule has 0 aromatic carbocycles. The van der Waals surface area contributed by atoms with Crippen molar-refractivity contribution in [1.82, 2.24) is 24.9 Å². The van der Waals surface area contributed by atoms with E-state index in [2.05, 4.69) is 22.3 Å². The first-order valence-corrected chi connectivity index (χ1v) is 9.26. The molecule has 0 aliphatic carbocycles. The zero-order valence-corrected chi connectivity index (χ0v) is 16.3. The molecule has 0 aliphatic heterocycles. The van der Waals surface area contributed by atoms with Gasteiger partial charge in [-0.3, -0.25) is 14.6 Å². The van der Waals surface area contributed by atoms with Gasteiger partial charge >= 0.3 is 0 Å². The Kier molecular flexibility index (Phi) is 5.79. The second-order valence-electron chi connectivity index (χ2n) is 6.69. The number of hydrogen-bond donors (Lipinski definition) is 2. The number of anilines is 1. The number of aromatic nitrogens is 4. The monoisotopic (exact) mass is 380 g/mol. The number of rotatable bonds is 8. The van der Waals surface area contributed by atoms with E-state index in [9.17, 15) is 9.59 Å². The molecule has 28 heavy (non-hydrogen) atoms. The Balaban J connectivity index is 2.11. The van der Waals surface area contributed by atoms with Crippen LogP contribution in [0.1, 0.15) is 53.2 Å². The van der Waals surface area contributed by atoms with E-state index in [1.165, 1.54) is 11.4 Å². The highest BCUT2D eigenvalue weighted by Crippen LogP contribution is 2.27. The fourth-order valence-electron chi connectivity index (χ4n) is 3.33. The molecule has 0 spiro atoms. The van der Waals surface area contributed by atoms with Crippen molar-refractivity contribution in [3.05, 3.63) is 41.5 Å². The summed E-state index contributed by atoms with van der Waals surface area (Å²) >= 11 is 0. The molecule has 3 rings (SSSR count). The summed E-state index contributed by atoms with van der Waals surface area (Å²) in [7, 11) is 1.93. The predicted molar refractivity (Wildman–Crippen MR) is 107 cm³/mol. The number of nitrogens with zero attached hydrogens (tertiary/aromatic N) is 4. The largest absolute Gasteiger partial charge is 0.383 e. The smallest absolute Gasteiger partial charge is 0.168 e. The Hall–Kier alpha value is -3.13. The molecule has 0 unspecified atom stereocenters. The summed E-state index contributed by atoms with van der Waals surface area (Å²) in [5, 5.41) is 7.58. The number of nitrogens with one attached hydrogen (secondary N) is 1. The van der Waals surface area contributed by atoms with Gasteiger partial charge in [0, 0.05) is 23.4 Å². The van der Waals surface area contributed by atoms with E-state index in [0.717, 1.165) is 24.0 Å². The first-order valence-electron chi connectivity index (χ1n) is 9.26. The number of Topliss-reactive ketones (excluding diaryl/α,β-unsaturated/α-hetero) is 1. The molecule has 0 saturated carbocycles. The molecule has 1 atom stereocenters. The Bertz CT molecular complexity index is 1010. The minimum absolute atomic E-state index is 0.131. The minimum atomic E-state index is -0.131. The van der Waals surface area contributed by atoms with Crippen LogP contribution < -0.4 is 11.1 Å². The molecular weight excluding hydrogens is 356 g/mol. The number of hydrogen-bond acceptors (Lipinski definition) is 7. The van der Waals surface area contributed by atoms with E-state index in [1.807, 2.05) is 7.05 Å². The third-order valence-corrected chi connectivity index (χ3v) is 4.96. The number of aldehydes is 1. The van der Waals surface area contributed by atoms with Gasteiger partial charge in [0.25, 0.3) is 0 Å². The standard InChI is InChI=1S/C20H24N6O2/c1-4-14(22-3)7-8-17-18(12(2)28)19(21)26-20(25-17)16(10-24-26)13-5-6-15(11-27)23-9-13/h5-6,9-11,14,22H,4,7-8,21H2,1-3H3/t14-/m1/s1. The van der Waals surface area contributed by atoms with Gasteiger partial charge in [0.2, 0.25) is 0 Å². The molecule has 0 bridgehead atoms. The molecule has 0 aliphatic rings. The maximum absolute atomic E-state index is 12.2. The van der Waals surface area contributed by atoms with Crippen molar-refractivity contribution in [2.75, 3.05) is 12.8 Å². The summed E-state index contributed by atoms with van der Waals surface area (Å²) in [4.78, 5) is 31.9. The lowest BCUT2D eigenvalue weighted by Gasteiger charge is -2.16. The van der Waals surface area contributed by atoms with Crippen molar-refractivity contribution in [2.45, 2.75) is 39.2 Å². The number of aryl methyl sites for hydroxylation is 1. The first-order chi connectivity index (χ1) is 13.5. The van der Waals surface area contributed by atoms with Crippen LogP contribution in [0.2, 0.25) is 0 Å². The minimum Gasteiger partial charge on any atom is -0.383 e. The maximum Gasteiger partial charge on any atom is 0.168 e. The van der Waals surface area contributed by atoms with Crippen LogP contribution in [-0.2, 0) is 6.42 Å². The average Bonchev–Trinajstić information content (AvgIpc) is 3.13. The number of carbonyl (C=O) groups excluding carboxylic acids is 2. The topological polar surface area (TPSA) is 115 Å². The van der Waals surface area contributed by atoms with Crippen molar-refractivity contribution in [3.63, 3.8) is 0 Å². The molecule has 3 N–H and O–H groups in total. The third-order valence-electron chi connectivity index (χ3n) is 4.96. The summed E-state index contributed by atoms with van der Waals surface area (Å²) in [6.07, 6.45) is 6.39. The fraction of sp³-hybridized carbons (Fsp3) is 0.350. The quantitative estimate of drug-likeness (QED) is 0.455. The van der Waals surface area contributed by atoms with Crippen LogP contribution in [-0.4, -0.2) is 44.7 Å². The van der Waals surface area contributed by atoms with Crippen molar-refractivity contribution in [1.29, 1.82) is 0 Å². The summed E-state index contributed by atoms with van der Waals surface area (Å²) < 4.78 is 1.48. The third kappa shape index (κ3) is 3.63. The molecule has 3 aromatic rings. The molecule has 146 valence electrons. The number of fused-ring (bicyclic) bond motifs is 1. The summed E-state index contributed by atoms with van der Waals surface area (Å²) in [6.45, 7) is 3.60. The van der Waals surface area contributed by atoms with Gasteiger partial charge < -0.3 is 11.1 Å². The van der Waals surface area contributed by atoms with Gasteiger partial charge in [0.1, 0.15) is 11.5 Å². The van der Waals surface area contributed by atoms with Crippen molar-refractivity contribution < 1.29 is 9.59 Å². The van der Waals surface area contributed by atoms with Crippen LogP contribution in [0, 0.1) is 0 Å². The highest BCUT2D eigenvalue weighted by molar-refractivity contribution is 6.00. The van der Waals surface area contributed by atoms with Crippen LogP contribution in [0.4, 0.5) is 5.82 Å². The molecular formula is C20H24N6O2. The number of nitrogens with two attached hydrogens (primary N) is 1. The Morgan fingerprint density at radius 3 is 2.71 bits per heavy atom. The SMILES string of the molecule is CC[C@H](CCc1nc2c(-c3ccc(C=O)nc3)cnn2c(N)c1C(C)=O)NC. The summed E-state index contributed by atoms with van der Waals surface area (Å²) in [5.74, 6) is 0.155. The molecule has 3 aromatic heterocycles.